The summed E-state index contributed by atoms with van der Waals surface area (Å²) in [5.74, 6) is 0.391. The molecular formula is C17H23NO4. The first kappa shape index (κ1) is 16.3. The molecule has 5 nitrogen and oxygen atoms in total. The molecule has 5 heteroatoms. The number of amides is 1. The topological polar surface area (TPSA) is 55.8 Å². The third-order valence-corrected chi connectivity index (χ3v) is 3.84. The lowest BCUT2D eigenvalue weighted by molar-refractivity contribution is -0.142. The zero-order valence-corrected chi connectivity index (χ0v) is 13.4. The number of rotatable bonds is 7. The zero-order chi connectivity index (χ0) is 16.1. The van der Waals surface area contributed by atoms with E-state index in [2.05, 4.69) is 4.74 Å². The Balaban J connectivity index is 1.92. The van der Waals surface area contributed by atoms with E-state index in [1.165, 1.54) is 7.11 Å². The third kappa shape index (κ3) is 4.23. The van der Waals surface area contributed by atoms with Crippen molar-refractivity contribution in [1.82, 2.24) is 4.90 Å². The van der Waals surface area contributed by atoms with E-state index < -0.39 is 0 Å². The molecule has 0 atom stereocenters. The van der Waals surface area contributed by atoms with Gasteiger partial charge in [-0.3, -0.25) is 9.59 Å². The van der Waals surface area contributed by atoms with Crippen molar-refractivity contribution in [3.05, 3.63) is 29.3 Å². The van der Waals surface area contributed by atoms with Gasteiger partial charge in [-0.15, -0.1) is 0 Å². The van der Waals surface area contributed by atoms with Crippen LogP contribution in [-0.2, 0) is 14.3 Å². The highest BCUT2D eigenvalue weighted by molar-refractivity contribution is 5.79. The number of carbonyl (C=O) groups excluding carboxylic acids is 2. The molecule has 0 aromatic heterocycles. The van der Waals surface area contributed by atoms with Crippen LogP contribution < -0.4 is 4.74 Å². The molecule has 0 saturated heterocycles. The number of methoxy groups -OCH3 is 1. The van der Waals surface area contributed by atoms with Gasteiger partial charge in [0.2, 0.25) is 0 Å². The molecule has 0 unspecified atom stereocenters. The first-order valence-corrected chi connectivity index (χ1v) is 7.58. The summed E-state index contributed by atoms with van der Waals surface area (Å²) >= 11 is 0. The average Bonchev–Trinajstić information content (AvgIpc) is 3.31. The minimum absolute atomic E-state index is 0.00334. The molecule has 0 spiro atoms. The second-order valence-electron chi connectivity index (χ2n) is 5.65. The van der Waals surface area contributed by atoms with E-state index in [0.29, 0.717) is 6.54 Å². The second kappa shape index (κ2) is 7.29. The van der Waals surface area contributed by atoms with E-state index in [0.717, 1.165) is 29.7 Å². The summed E-state index contributed by atoms with van der Waals surface area (Å²) in [6.45, 7) is 4.32. The largest absolute Gasteiger partial charge is 0.483 e. The summed E-state index contributed by atoms with van der Waals surface area (Å²) in [4.78, 5) is 25.4. The molecule has 2 rings (SSSR count). The van der Waals surface area contributed by atoms with Crippen molar-refractivity contribution >= 4 is 11.9 Å². The lowest BCUT2D eigenvalue weighted by Crippen LogP contribution is -2.38. The van der Waals surface area contributed by atoms with Gasteiger partial charge < -0.3 is 14.4 Å². The molecule has 1 aromatic carbocycles. The highest BCUT2D eigenvalue weighted by atomic mass is 16.5. The molecule has 120 valence electrons. The molecule has 0 heterocycles. The van der Waals surface area contributed by atoms with Crippen LogP contribution in [0.25, 0.3) is 0 Å². The first-order chi connectivity index (χ1) is 10.5. The number of hydrogen-bond donors (Lipinski definition) is 0. The van der Waals surface area contributed by atoms with Crippen LogP contribution in [0, 0.1) is 13.8 Å². The summed E-state index contributed by atoms with van der Waals surface area (Å²) in [5, 5.41) is 0. The van der Waals surface area contributed by atoms with Crippen molar-refractivity contribution in [3.8, 4) is 5.75 Å². The summed E-state index contributed by atoms with van der Waals surface area (Å²) in [6.07, 6.45) is 2.22. The van der Waals surface area contributed by atoms with Gasteiger partial charge in [-0.1, -0.05) is 18.2 Å². The molecule has 1 aliphatic carbocycles. The molecule has 1 aliphatic rings. The quantitative estimate of drug-likeness (QED) is 0.725. The van der Waals surface area contributed by atoms with Crippen LogP contribution in [0.5, 0.6) is 5.75 Å². The Kier molecular flexibility index (Phi) is 5.41. The van der Waals surface area contributed by atoms with E-state index in [4.69, 9.17) is 4.74 Å². The van der Waals surface area contributed by atoms with Crippen molar-refractivity contribution in [2.24, 2.45) is 0 Å². The summed E-state index contributed by atoms with van der Waals surface area (Å²) in [7, 11) is 1.36. The SMILES string of the molecule is COC(=O)CCN(C(=O)COc1c(C)cccc1C)C1CC1. The molecule has 0 bridgehead atoms. The van der Waals surface area contributed by atoms with Crippen molar-refractivity contribution in [2.75, 3.05) is 20.3 Å². The first-order valence-electron chi connectivity index (χ1n) is 7.58. The maximum absolute atomic E-state index is 12.4. The minimum atomic E-state index is -0.297. The highest BCUT2D eigenvalue weighted by Crippen LogP contribution is 2.28. The van der Waals surface area contributed by atoms with Gasteiger partial charge in [0.1, 0.15) is 5.75 Å². The Morgan fingerprint density at radius 1 is 1.23 bits per heavy atom. The van der Waals surface area contributed by atoms with Crippen molar-refractivity contribution < 1.29 is 19.1 Å². The van der Waals surface area contributed by atoms with E-state index in [-0.39, 0.29) is 30.9 Å². The van der Waals surface area contributed by atoms with Gasteiger partial charge in [0.15, 0.2) is 6.61 Å². The number of para-hydroxylation sites is 1. The Morgan fingerprint density at radius 2 is 1.86 bits per heavy atom. The molecule has 1 amide bonds. The smallest absolute Gasteiger partial charge is 0.307 e. The van der Waals surface area contributed by atoms with Gasteiger partial charge in [-0.05, 0) is 37.8 Å². The Labute approximate surface area is 131 Å². The minimum Gasteiger partial charge on any atom is -0.483 e. The number of hydrogen-bond acceptors (Lipinski definition) is 4. The van der Waals surface area contributed by atoms with Crippen LogP contribution >= 0.6 is 0 Å². The predicted octanol–water partition coefficient (Wildman–Crippen LogP) is 2.24. The molecule has 0 radical (unpaired) electrons. The van der Waals surface area contributed by atoms with E-state index >= 15 is 0 Å². The van der Waals surface area contributed by atoms with E-state index in [9.17, 15) is 9.59 Å². The normalized spacial score (nSPS) is 13.6. The molecule has 1 fully saturated rings. The standard InChI is InChI=1S/C17H23NO4/c1-12-5-4-6-13(2)17(12)22-11-15(19)18(14-7-8-14)10-9-16(20)21-3/h4-6,14H,7-11H2,1-3H3. The Morgan fingerprint density at radius 3 is 2.41 bits per heavy atom. The van der Waals surface area contributed by atoms with E-state index in [1.807, 2.05) is 32.0 Å². The average molecular weight is 305 g/mol. The Hall–Kier alpha value is -2.04. The zero-order valence-electron chi connectivity index (χ0n) is 13.4. The number of carbonyl (C=O) groups is 2. The van der Waals surface area contributed by atoms with Crippen LogP contribution in [0.1, 0.15) is 30.4 Å². The number of nitrogens with zero attached hydrogens (tertiary/aromatic N) is 1. The fraction of sp³-hybridized carbons (Fsp3) is 0.529. The van der Waals surface area contributed by atoms with Crippen LogP contribution in [0.15, 0.2) is 18.2 Å². The summed E-state index contributed by atoms with van der Waals surface area (Å²) in [5.41, 5.74) is 2.03. The fourth-order valence-electron chi connectivity index (χ4n) is 2.45. The summed E-state index contributed by atoms with van der Waals surface area (Å²) in [6, 6.07) is 6.14. The van der Waals surface area contributed by atoms with Gasteiger partial charge >= 0.3 is 5.97 Å². The van der Waals surface area contributed by atoms with Crippen LogP contribution in [0.4, 0.5) is 0 Å². The second-order valence-corrected chi connectivity index (χ2v) is 5.65. The number of esters is 1. The van der Waals surface area contributed by atoms with Gasteiger partial charge in [0.25, 0.3) is 5.91 Å². The number of aryl methyl sites for hydroxylation is 2. The monoisotopic (exact) mass is 305 g/mol. The van der Waals surface area contributed by atoms with Crippen LogP contribution in [-0.4, -0.2) is 43.1 Å². The van der Waals surface area contributed by atoms with E-state index in [1.54, 1.807) is 4.90 Å². The molecule has 1 aromatic rings. The maximum atomic E-state index is 12.4. The number of benzene rings is 1. The summed E-state index contributed by atoms with van der Waals surface area (Å²) < 4.78 is 10.3. The van der Waals surface area contributed by atoms with Crippen LogP contribution in [0.2, 0.25) is 0 Å². The van der Waals surface area contributed by atoms with Gasteiger partial charge in [-0.25, -0.2) is 0 Å². The lowest BCUT2D eigenvalue weighted by Gasteiger charge is -2.22. The lowest BCUT2D eigenvalue weighted by atomic mass is 10.1. The van der Waals surface area contributed by atoms with Crippen molar-refractivity contribution in [2.45, 2.75) is 39.2 Å². The van der Waals surface area contributed by atoms with Crippen molar-refractivity contribution in [3.63, 3.8) is 0 Å². The molecule has 0 aliphatic heterocycles. The highest BCUT2D eigenvalue weighted by Gasteiger charge is 2.32. The molecule has 22 heavy (non-hydrogen) atoms. The van der Waals surface area contributed by atoms with Gasteiger partial charge in [-0.2, -0.15) is 0 Å². The fourth-order valence-corrected chi connectivity index (χ4v) is 2.45. The molecule has 0 N–H and O–H groups in total. The maximum Gasteiger partial charge on any atom is 0.307 e. The van der Waals surface area contributed by atoms with Gasteiger partial charge in [0, 0.05) is 12.6 Å². The Bertz CT molecular complexity index is 531. The predicted molar refractivity (Wildman–Crippen MR) is 82.8 cm³/mol. The molecular weight excluding hydrogens is 282 g/mol. The van der Waals surface area contributed by atoms with Crippen molar-refractivity contribution in [1.29, 1.82) is 0 Å². The van der Waals surface area contributed by atoms with Crippen LogP contribution in [0.3, 0.4) is 0 Å². The van der Waals surface area contributed by atoms with Gasteiger partial charge in [0.05, 0.1) is 13.5 Å². The third-order valence-electron chi connectivity index (χ3n) is 3.84. The molecule has 1 saturated carbocycles. The number of ether oxygens (including phenoxy) is 2.